The molecule has 38 heavy (non-hydrogen) atoms. The van der Waals surface area contributed by atoms with Gasteiger partial charge in [0.25, 0.3) is 10.0 Å². The van der Waals surface area contributed by atoms with Crippen molar-refractivity contribution < 1.29 is 26.3 Å². The highest BCUT2D eigenvalue weighted by atomic mass is 35.5. The van der Waals surface area contributed by atoms with Gasteiger partial charge in [0.2, 0.25) is 0 Å². The van der Waals surface area contributed by atoms with Crippen LogP contribution in [0.15, 0.2) is 70.8 Å². The van der Waals surface area contributed by atoms with E-state index in [2.05, 4.69) is 19.8 Å². The Bertz CT molecular complexity index is 1760. The molecule has 3 heterocycles. The van der Waals surface area contributed by atoms with E-state index in [0.717, 1.165) is 35.6 Å². The van der Waals surface area contributed by atoms with Crippen molar-refractivity contribution in [1.29, 1.82) is 0 Å². The first-order valence-electron chi connectivity index (χ1n) is 10.6. The fourth-order valence-electron chi connectivity index (χ4n) is 3.52. The summed E-state index contributed by atoms with van der Waals surface area (Å²) in [5, 5.41) is 5.38. The Morgan fingerprint density at radius 1 is 1.00 bits per heavy atom. The van der Waals surface area contributed by atoms with Crippen molar-refractivity contribution in [3.8, 4) is 33.9 Å². The maximum atomic E-state index is 15.0. The van der Waals surface area contributed by atoms with Gasteiger partial charge in [-0.1, -0.05) is 11.6 Å². The zero-order chi connectivity index (χ0) is 27.0. The number of halogens is 4. The van der Waals surface area contributed by atoms with Gasteiger partial charge in [-0.2, -0.15) is 5.10 Å². The molecule has 0 unspecified atom stereocenters. The summed E-state index contributed by atoms with van der Waals surface area (Å²) in [6.45, 7) is 0. The molecular weight excluding hydrogens is 563 g/mol. The lowest BCUT2D eigenvalue weighted by atomic mass is 10.0. The Balaban J connectivity index is 1.54. The molecule has 3 aromatic heterocycles. The summed E-state index contributed by atoms with van der Waals surface area (Å²) in [4.78, 5) is 7.34. The van der Waals surface area contributed by atoms with Gasteiger partial charge in [0.05, 0.1) is 28.6 Å². The molecule has 5 aromatic rings. The first-order valence-corrected chi connectivity index (χ1v) is 13.4. The molecule has 0 atom stereocenters. The number of aromatic nitrogens is 4. The fourth-order valence-corrected chi connectivity index (χ4v) is 5.43. The number of nitrogens with one attached hydrogen (secondary N) is 1. The van der Waals surface area contributed by atoms with Gasteiger partial charge in [-0.3, -0.25) is 14.4 Å². The van der Waals surface area contributed by atoms with Crippen molar-refractivity contribution in [2.75, 3.05) is 4.72 Å². The van der Waals surface area contributed by atoms with Crippen LogP contribution < -0.4 is 9.46 Å². The van der Waals surface area contributed by atoms with Crippen molar-refractivity contribution in [3.63, 3.8) is 0 Å². The van der Waals surface area contributed by atoms with Crippen LogP contribution in [0.3, 0.4) is 0 Å². The largest absolute Gasteiger partial charge is 0.453 e. The number of aryl methyl sites for hydroxylation is 1. The zero-order valence-electron chi connectivity index (χ0n) is 19.2. The molecule has 5 rings (SSSR count). The summed E-state index contributed by atoms with van der Waals surface area (Å²) in [6, 6.07) is 6.36. The Labute approximate surface area is 223 Å². The second-order valence-electron chi connectivity index (χ2n) is 7.89. The Hall–Kier alpha value is -3.94. The predicted molar refractivity (Wildman–Crippen MR) is 136 cm³/mol. The van der Waals surface area contributed by atoms with Gasteiger partial charge in [0.15, 0.2) is 11.6 Å². The summed E-state index contributed by atoms with van der Waals surface area (Å²) in [7, 11) is -2.63. The number of rotatable bonds is 7. The van der Waals surface area contributed by atoms with E-state index in [1.54, 1.807) is 13.2 Å². The lowest BCUT2D eigenvalue weighted by Crippen LogP contribution is -2.15. The number of sulfonamides is 1. The standard InChI is InChI=1S/C24H15ClF3N5O3S2/c1-33-10-13(8-31-33)16-5-20(15-3-2-14(26)4-18(15)27)29-9-22(16)36-21-7-19(28)23(6-17(21)25)38(34,35)32-24-11-37-12-30-24/h2-12,32H,1H3. The molecule has 0 amide bonds. The van der Waals surface area contributed by atoms with Crippen LogP contribution in [-0.2, 0) is 17.1 Å². The van der Waals surface area contributed by atoms with Crippen LogP contribution >= 0.6 is 22.9 Å². The Morgan fingerprint density at radius 3 is 2.50 bits per heavy atom. The number of thiazole rings is 1. The molecule has 0 fully saturated rings. The molecule has 8 nitrogen and oxygen atoms in total. The Kier molecular flexibility index (Phi) is 6.82. The number of pyridine rings is 1. The molecule has 0 saturated heterocycles. The van der Waals surface area contributed by atoms with Crippen LogP contribution in [0, 0.1) is 17.5 Å². The van der Waals surface area contributed by atoms with Gasteiger partial charge in [-0.15, -0.1) is 11.3 Å². The van der Waals surface area contributed by atoms with Gasteiger partial charge in [-0.25, -0.2) is 26.6 Å². The third-order valence-electron chi connectivity index (χ3n) is 5.26. The number of nitrogens with zero attached hydrogens (tertiary/aromatic N) is 4. The van der Waals surface area contributed by atoms with E-state index in [4.69, 9.17) is 16.3 Å². The highest BCUT2D eigenvalue weighted by Gasteiger charge is 2.24. The fraction of sp³-hybridized carbons (Fsp3) is 0.0417. The number of anilines is 1. The van der Waals surface area contributed by atoms with Crippen molar-refractivity contribution in [3.05, 3.63) is 88.4 Å². The first kappa shape index (κ1) is 25.7. The summed E-state index contributed by atoms with van der Waals surface area (Å²) < 4.78 is 77.6. The zero-order valence-corrected chi connectivity index (χ0v) is 21.6. The van der Waals surface area contributed by atoms with E-state index < -0.39 is 32.4 Å². The molecule has 1 N–H and O–H groups in total. The van der Waals surface area contributed by atoms with E-state index >= 15 is 0 Å². The lowest BCUT2D eigenvalue weighted by molar-refractivity contribution is 0.473. The van der Waals surface area contributed by atoms with Crippen LogP contribution in [0.2, 0.25) is 5.02 Å². The summed E-state index contributed by atoms with van der Waals surface area (Å²) in [6.07, 6.45) is 4.45. The molecular formula is C24H15ClF3N5O3S2. The van der Waals surface area contributed by atoms with Gasteiger partial charge < -0.3 is 4.74 Å². The molecule has 0 radical (unpaired) electrons. The summed E-state index contributed by atoms with van der Waals surface area (Å²) >= 11 is 7.45. The topological polar surface area (TPSA) is 99.0 Å². The lowest BCUT2D eigenvalue weighted by Gasteiger charge is -2.14. The number of ether oxygens (including phenoxy) is 1. The summed E-state index contributed by atoms with van der Waals surface area (Å²) in [5.74, 6) is -2.71. The first-order chi connectivity index (χ1) is 18.1. The van der Waals surface area contributed by atoms with Crippen molar-refractivity contribution >= 4 is 38.8 Å². The number of benzene rings is 2. The highest BCUT2D eigenvalue weighted by Crippen LogP contribution is 2.39. The van der Waals surface area contributed by atoms with Gasteiger partial charge in [-0.05, 0) is 24.3 Å². The second-order valence-corrected chi connectivity index (χ2v) is 10.7. The minimum Gasteiger partial charge on any atom is -0.453 e. The van der Waals surface area contributed by atoms with Crippen LogP contribution in [-0.4, -0.2) is 28.2 Å². The van der Waals surface area contributed by atoms with Crippen LogP contribution in [0.25, 0.3) is 22.4 Å². The number of hydrogen-bond acceptors (Lipinski definition) is 7. The third kappa shape index (κ3) is 5.21. The third-order valence-corrected chi connectivity index (χ3v) is 7.51. The molecule has 0 aliphatic heterocycles. The van der Waals surface area contributed by atoms with E-state index in [0.29, 0.717) is 11.1 Å². The molecule has 0 spiro atoms. The van der Waals surface area contributed by atoms with Crippen LogP contribution in [0.1, 0.15) is 0 Å². The van der Waals surface area contributed by atoms with Gasteiger partial charge in [0.1, 0.15) is 28.1 Å². The molecule has 0 aliphatic rings. The SMILES string of the molecule is Cn1cc(-c2cc(-c3ccc(F)cc3F)ncc2Oc2cc(F)c(S(=O)(=O)Nc3cscn3)cc2Cl)cn1. The molecule has 14 heteroatoms. The van der Waals surface area contributed by atoms with Crippen molar-refractivity contribution in [2.24, 2.45) is 7.05 Å². The molecule has 0 saturated carbocycles. The smallest absolute Gasteiger partial charge is 0.266 e. The quantitative estimate of drug-likeness (QED) is 0.245. The molecule has 0 aliphatic carbocycles. The van der Waals surface area contributed by atoms with Crippen LogP contribution in [0.5, 0.6) is 11.5 Å². The number of hydrogen-bond donors (Lipinski definition) is 1. The predicted octanol–water partition coefficient (Wildman–Crippen LogP) is 6.27. The van der Waals surface area contributed by atoms with Crippen molar-refractivity contribution in [1.82, 2.24) is 19.7 Å². The average Bonchev–Trinajstić information content (AvgIpc) is 3.53. The summed E-state index contributed by atoms with van der Waals surface area (Å²) in [5.41, 5.74) is 2.60. The average molecular weight is 578 g/mol. The van der Waals surface area contributed by atoms with Gasteiger partial charge >= 0.3 is 0 Å². The van der Waals surface area contributed by atoms with E-state index in [1.165, 1.54) is 40.1 Å². The van der Waals surface area contributed by atoms with Gasteiger partial charge in [0, 0.05) is 47.4 Å². The molecule has 0 bridgehead atoms. The minimum absolute atomic E-state index is 0.0377. The highest BCUT2D eigenvalue weighted by molar-refractivity contribution is 7.92. The monoisotopic (exact) mass is 577 g/mol. The van der Waals surface area contributed by atoms with Crippen LogP contribution in [0.4, 0.5) is 19.0 Å². The second kappa shape index (κ2) is 10.1. The molecule has 194 valence electrons. The maximum Gasteiger partial charge on any atom is 0.266 e. The maximum absolute atomic E-state index is 15.0. The van der Waals surface area contributed by atoms with Crippen molar-refractivity contribution in [2.45, 2.75) is 4.90 Å². The van der Waals surface area contributed by atoms with E-state index in [-0.39, 0.29) is 33.6 Å². The normalized spacial score (nSPS) is 11.5. The van der Waals surface area contributed by atoms with E-state index in [9.17, 15) is 21.6 Å². The molecule has 2 aromatic carbocycles. The minimum atomic E-state index is -4.32. The Morgan fingerprint density at radius 2 is 1.82 bits per heavy atom. The van der Waals surface area contributed by atoms with E-state index in [1.807, 2.05) is 0 Å².